The van der Waals surface area contributed by atoms with Crippen LogP contribution in [0.1, 0.15) is 39.9 Å². The van der Waals surface area contributed by atoms with Gasteiger partial charge in [-0.15, -0.1) is 0 Å². The second-order valence-electron chi connectivity index (χ2n) is 10.3. The minimum Gasteiger partial charge on any atom is -0.325 e. The van der Waals surface area contributed by atoms with Crippen LogP contribution in [0.4, 0.5) is 11.4 Å². The number of halogens is 2. The maximum absolute atomic E-state index is 14.5. The van der Waals surface area contributed by atoms with Gasteiger partial charge in [-0.1, -0.05) is 63.9 Å². The minimum atomic E-state index is -1.45. The molecule has 4 atom stereocenters. The van der Waals surface area contributed by atoms with Crippen LogP contribution in [-0.4, -0.2) is 35.1 Å². The van der Waals surface area contributed by atoms with Crippen LogP contribution in [0.3, 0.4) is 0 Å². The summed E-state index contributed by atoms with van der Waals surface area (Å²) in [6.07, 6.45) is 1.56. The summed E-state index contributed by atoms with van der Waals surface area (Å²) in [5.74, 6) is -1.47. The molecule has 8 heteroatoms. The Labute approximate surface area is 227 Å². The van der Waals surface area contributed by atoms with E-state index in [-0.39, 0.29) is 23.6 Å². The summed E-state index contributed by atoms with van der Waals surface area (Å²) >= 11 is 9.93. The molecule has 2 N–H and O–H groups in total. The largest absolute Gasteiger partial charge is 0.325 e. The smallest absolute Gasteiger partial charge is 0.251 e. The van der Waals surface area contributed by atoms with Crippen LogP contribution < -0.4 is 10.6 Å². The first kappa shape index (κ1) is 23.1. The molecule has 0 radical (unpaired) electrons. The molecule has 0 aliphatic carbocycles. The Hall–Kier alpha value is -3.00. The van der Waals surface area contributed by atoms with Crippen molar-refractivity contribution >= 4 is 56.5 Å². The fraction of sp³-hybridized carbons (Fsp3) is 0.276. The Morgan fingerprint density at radius 2 is 1.76 bits per heavy atom. The summed E-state index contributed by atoms with van der Waals surface area (Å²) < 4.78 is 0.865. The summed E-state index contributed by atoms with van der Waals surface area (Å²) in [7, 11) is 0. The number of nitrogens with zero attached hydrogens (tertiary/aromatic N) is 1. The van der Waals surface area contributed by atoms with Gasteiger partial charge in [0, 0.05) is 32.4 Å². The standard InChI is InChI=1S/C29H23BrClN3O3/c1-15-20(31)13-12-19-24(15)33-27(37)29(19)28(18-5-2-3-6-21(18)32-26(28)36)23(22-7-4-14-34(22)29)25(35)16-8-10-17(30)11-9-16/h2-3,5-6,8-13,22-23H,4,7,14H2,1H3,(H,32,36)(H,33,37)/t22-,23+,28-,29-/m1/s1. The number of para-hydroxylation sites is 1. The normalized spacial score (nSPS) is 29.4. The Morgan fingerprint density at radius 3 is 2.54 bits per heavy atom. The predicted octanol–water partition coefficient (Wildman–Crippen LogP) is 5.43. The molecular weight excluding hydrogens is 554 g/mol. The first-order chi connectivity index (χ1) is 17.8. The van der Waals surface area contributed by atoms with Crippen molar-refractivity contribution in [3.05, 3.63) is 92.4 Å². The maximum Gasteiger partial charge on any atom is 0.251 e. The number of carbonyl (C=O) groups excluding carboxylic acids is 3. The lowest BCUT2D eigenvalue weighted by Crippen LogP contribution is -2.62. The summed E-state index contributed by atoms with van der Waals surface area (Å²) in [6, 6.07) is 18.1. The van der Waals surface area contributed by atoms with E-state index in [2.05, 4.69) is 31.5 Å². The molecule has 4 aliphatic heterocycles. The van der Waals surface area contributed by atoms with Crippen LogP contribution in [-0.2, 0) is 20.5 Å². The topological polar surface area (TPSA) is 78.5 Å². The zero-order valence-electron chi connectivity index (χ0n) is 20.0. The number of amides is 2. The molecule has 4 heterocycles. The monoisotopic (exact) mass is 575 g/mol. The van der Waals surface area contributed by atoms with Gasteiger partial charge in [-0.05, 0) is 61.7 Å². The molecule has 3 aromatic carbocycles. The minimum absolute atomic E-state index is 0.125. The third-order valence-corrected chi connectivity index (χ3v) is 9.82. The quantitative estimate of drug-likeness (QED) is 0.399. The van der Waals surface area contributed by atoms with E-state index in [0.717, 1.165) is 22.9 Å². The van der Waals surface area contributed by atoms with E-state index in [4.69, 9.17) is 11.6 Å². The molecule has 3 aromatic rings. The van der Waals surface area contributed by atoms with Gasteiger partial charge in [-0.3, -0.25) is 19.3 Å². The summed E-state index contributed by atoms with van der Waals surface area (Å²) in [5.41, 5.74) is 1.14. The van der Waals surface area contributed by atoms with Gasteiger partial charge in [0.25, 0.3) is 5.91 Å². The first-order valence-corrected chi connectivity index (χ1v) is 13.6. The van der Waals surface area contributed by atoms with Gasteiger partial charge >= 0.3 is 0 Å². The number of fused-ring (bicyclic) bond motifs is 7. The number of carbonyl (C=O) groups is 3. The first-order valence-electron chi connectivity index (χ1n) is 12.4. The molecule has 7 rings (SSSR count). The van der Waals surface area contributed by atoms with Crippen LogP contribution in [0.15, 0.2) is 65.1 Å². The van der Waals surface area contributed by atoms with E-state index in [1.54, 1.807) is 18.2 Å². The number of Topliss-reactive ketones (excluding diaryl/α,β-unsaturated/α-hetero) is 1. The Balaban J connectivity index is 1.59. The van der Waals surface area contributed by atoms with Crippen molar-refractivity contribution in [2.75, 3.05) is 17.2 Å². The lowest BCUT2D eigenvalue weighted by molar-refractivity contribution is -0.137. The van der Waals surface area contributed by atoms with Gasteiger partial charge < -0.3 is 10.6 Å². The number of nitrogens with one attached hydrogen (secondary N) is 2. The number of hydrogen-bond donors (Lipinski definition) is 2. The highest BCUT2D eigenvalue weighted by Gasteiger charge is 2.81. The van der Waals surface area contributed by atoms with Crippen LogP contribution in [0.25, 0.3) is 0 Å². The van der Waals surface area contributed by atoms with Crippen molar-refractivity contribution < 1.29 is 14.4 Å². The zero-order chi connectivity index (χ0) is 25.7. The number of rotatable bonds is 2. The van der Waals surface area contributed by atoms with Crippen molar-refractivity contribution in [1.29, 1.82) is 0 Å². The molecule has 37 heavy (non-hydrogen) atoms. The Bertz CT molecular complexity index is 1540. The number of hydrogen-bond acceptors (Lipinski definition) is 4. The molecular formula is C29H23BrClN3O3. The van der Waals surface area contributed by atoms with Crippen LogP contribution in [0, 0.1) is 12.8 Å². The Kier molecular flexibility index (Phi) is 4.85. The third-order valence-electron chi connectivity index (χ3n) is 8.88. The molecule has 2 fully saturated rings. The van der Waals surface area contributed by atoms with E-state index < -0.39 is 16.9 Å². The average Bonchev–Trinajstić information content (AvgIpc) is 3.61. The fourth-order valence-electron chi connectivity index (χ4n) is 7.56. The van der Waals surface area contributed by atoms with Gasteiger partial charge in [0.15, 0.2) is 5.78 Å². The molecule has 0 saturated carbocycles. The van der Waals surface area contributed by atoms with Crippen molar-refractivity contribution in [1.82, 2.24) is 4.90 Å². The third kappa shape index (κ3) is 2.62. The number of benzene rings is 3. The molecule has 0 unspecified atom stereocenters. The Morgan fingerprint density at radius 1 is 1.00 bits per heavy atom. The highest BCUT2D eigenvalue weighted by atomic mass is 79.9. The van der Waals surface area contributed by atoms with E-state index in [9.17, 15) is 14.4 Å². The second kappa shape index (κ2) is 7.76. The highest BCUT2D eigenvalue weighted by Crippen LogP contribution is 2.68. The lowest BCUT2D eigenvalue weighted by atomic mass is 9.57. The molecule has 0 bridgehead atoms. The number of anilines is 2. The average molecular weight is 577 g/mol. The van der Waals surface area contributed by atoms with Gasteiger partial charge in [-0.25, -0.2) is 0 Å². The van der Waals surface area contributed by atoms with Crippen molar-refractivity contribution in [2.45, 2.75) is 36.8 Å². The summed E-state index contributed by atoms with van der Waals surface area (Å²) in [4.78, 5) is 45.6. The van der Waals surface area contributed by atoms with Crippen LogP contribution in [0.5, 0.6) is 0 Å². The fourth-order valence-corrected chi connectivity index (χ4v) is 7.98. The van der Waals surface area contributed by atoms with Crippen LogP contribution in [0.2, 0.25) is 5.02 Å². The lowest BCUT2D eigenvalue weighted by Gasteiger charge is -2.43. The van der Waals surface area contributed by atoms with Crippen molar-refractivity contribution in [3.63, 3.8) is 0 Å². The molecule has 0 aromatic heterocycles. The van der Waals surface area contributed by atoms with Crippen LogP contribution >= 0.6 is 27.5 Å². The van der Waals surface area contributed by atoms with E-state index in [0.29, 0.717) is 39.6 Å². The van der Waals surface area contributed by atoms with Crippen molar-refractivity contribution in [3.8, 4) is 0 Å². The van der Waals surface area contributed by atoms with E-state index >= 15 is 0 Å². The molecule has 6 nitrogen and oxygen atoms in total. The van der Waals surface area contributed by atoms with Gasteiger partial charge in [0.1, 0.15) is 11.0 Å². The molecule has 186 valence electrons. The predicted molar refractivity (Wildman–Crippen MR) is 145 cm³/mol. The SMILES string of the molecule is Cc1c(Cl)ccc2c1NC(=O)[C@]21N2CCC[C@@H]2[C@@H](C(=O)c2ccc(Br)cc2)[C@]12C(=O)Nc1ccccc12. The van der Waals surface area contributed by atoms with E-state index in [1.165, 1.54) is 0 Å². The summed E-state index contributed by atoms with van der Waals surface area (Å²) in [6.45, 7) is 2.48. The summed E-state index contributed by atoms with van der Waals surface area (Å²) in [5, 5.41) is 6.70. The molecule has 2 spiro atoms. The van der Waals surface area contributed by atoms with Gasteiger partial charge in [0.2, 0.25) is 5.91 Å². The van der Waals surface area contributed by atoms with Gasteiger partial charge in [-0.2, -0.15) is 0 Å². The molecule has 2 amide bonds. The molecule has 4 aliphatic rings. The maximum atomic E-state index is 14.5. The van der Waals surface area contributed by atoms with E-state index in [1.807, 2.05) is 49.4 Å². The second-order valence-corrected chi connectivity index (χ2v) is 11.6. The number of ketones is 1. The van der Waals surface area contributed by atoms with Gasteiger partial charge in [0.05, 0.1) is 11.6 Å². The molecule has 2 saturated heterocycles. The zero-order valence-corrected chi connectivity index (χ0v) is 22.3. The highest BCUT2D eigenvalue weighted by molar-refractivity contribution is 9.10. The van der Waals surface area contributed by atoms with Crippen molar-refractivity contribution in [2.24, 2.45) is 5.92 Å².